The van der Waals surface area contributed by atoms with Crippen molar-refractivity contribution >= 4 is 5.91 Å². The molecule has 0 radical (unpaired) electrons. The highest BCUT2D eigenvalue weighted by Crippen LogP contribution is 2.18. The lowest BCUT2D eigenvalue weighted by Gasteiger charge is -2.27. The number of rotatable bonds is 4. The number of hydrogen-bond acceptors (Lipinski definition) is 3. The van der Waals surface area contributed by atoms with Crippen LogP contribution in [-0.4, -0.2) is 44.1 Å². The largest absolute Gasteiger partial charge is 0.497 e. The van der Waals surface area contributed by atoms with Gasteiger partial charge in [0.15, 0.2) is 0 Å². The lowest BCUT2D eigenvalue weighted by molar-refractivity contribution is -0.131. The SMILES string of the molecule is COc1ccc(CCC(=O)N2CCNCC2)c(C)c1. The van der Waals surface area contributed by atoms with Crippen molar-refractivity contribution in [1.82, 2.24) is 10.2 Å². The van der Waals surface area contributed by atoms with E-state index in [1.54, 1.807) is 7.11 Å². The predicted molar refractivity (Wildman–Crippen MR) is 75.5 cm³/mol. The molecule has 1 aliphatic heterocycles. The maximum atomic E-state index is 12.1. The molecule has 1 aliphatic rings. The summed E-state index contributed by atoms with van der Waals surface area (Å²) in [6.07, 6.45) is 1.39. The van der Waals surface area contributed by atoms with E-state index in [1.807, 2.05) is 17.0 Å². The minimum Gasteiger partial charge on any atom is -0.497 e. The summed E-state index contributed by atoms with van der Waals surface area (Å²) in [4.78, 5) is 14.0. The minimum absolute atomic E-state index is 0.261. The van der Waals surface area contributed by atoms with Gasteiger partial charge in [0.05, 0.1) is 7.11 Å². The number of aryl methyl sites for hydroxylation is 2. The number of piperazine rings is 1. The van der Waals surface area contributed by atoms with Gasteiger partial charge in [-0.1, -0.05) is 6.07 Å². The zero-order valence-electron chi connectivity index (χ0n) is 11.7. The third kappa shape index (κ3) is 3.70. The molecule has 0 spiro atoms. The van der Waals surface area contributed by atoms with Gasteiger partial charge in [0.25, 0.3) is 0 Å². The number of nitrogens with zero attached hydrogens (tertiary/aromatic N) is 1. The molecule has 1 heterocycles. The molecule has 104 valence electrons. The van der Waals surface area contributed by atoms with Crippen molar-refractivity contribution < 1.29 is 9.53 Å². The average molecular weight is 262 g/mol. The number of hydrogen-bond donors (Lipinski definition) is 1. The molecule has 1 aromatic rings. The van der Waals surface area contributed by atoms with Gasteiger partial charge in [0.1, 0.15) is 5.75 Å². The molecule has 1 saturated heterocycles. The van der Waals surface area contributed by atoms with E-state index in [0.29, 0.717) is 6.42 Å². The highest BCUT2D eigenvalue weighted by Gasteiger charge is 2.15. The molecule has 1 N–H and O–H groups in total. The molecule has 1 amide bonds. The van der Waals surface area contributed by atoms with Crippen LogP contribution in [0.5, 0.6) is 5.75 Å². The van der Waals surface area contributed by atoms with Crippen molar-refractivity contribution in [2.24, 2.45) is 0 Å². The average Bonchev–Trinajstić information content (AvgIpc) is 2.46. The van der Waals surface area contributed by atoms with Gasteiger partial charge in [-0.05, 0) is 36.6 Å². The molecule has 2 rings (SSSR count). The summed E-state index contributed by atoms with van der Waals surface area (Å²) in [6, 6.07) is 6.03. The molecule has 0 saturated carbocycles. The number of nitrogens with one attached hydrogen (secondary N) is 1. The van der Waals surface area contributed by atoms with E-state index in [2.05, 4.69) is 18.3 Å². The van der Waals surface area contributed by atoms with Crippen molar-refractivity contribution in [3.63, 3.8) is 0 Å². The molecule has 0 atom stereocenters. The third-order valence-electron chi connectivity index (χ3n) is 3.63. The number of carbonyl (C=O) groups excluding carboxylic acids is 1. The summed E-state index contributed by atoms with van der Waals surface area (Å²) in [7, 11) is 1.67. The summed E-state index contributed by atoms with van der Waals surface area (Å²) in [5, 5.41) is 3.26. The Hall–Kier alpha value is -1.55. The fourth-order valence-corrected chi connectivity index (χ4v) is 2.39. The lowest BCUT2D eigenvalue weighted by Crippen LogP contribution is -2.46. The molecule has 0 aromatic heterocycles. The van der Waals surface area contributed by atoms with Gasteiger partial charge in [0, 0.05) is 32.6 Å². The Labute approximate surface area is 114 Å². The van der Waals surface area contributed by atoms with Crippen LogP contribution in [0.15, 0.2) is 18.2 Å². The summed E-state index contributed by atoms with van der Waals surface area (Å²) in [5.41, 5.74) is 2.41. The fourth-order valence-electron chi connectivity index (χ4n) is 2.39. The Bertz CT molecular complexity index is 440. The summed E-state index contributed by atoms with van der Waals surface area (Å²) < 4.78 is 5.19. The lowest BCUT2D eigenvalue weighted by atomic mass is 10.0. The zero-order chi connectivity index (χ0) is 13.7. The fraction of sp³-hybridized carbons (Fsp3) is 0.533. The molecule has 1 aromatic carbocycles. The van der Waals surface area contributed by atoms with Crippen LogP contribution in [0.25, 0.3) is 0 Å². The maximum Gasteiger partial charge on any atom is 0.222 e. The Morgan fingerprint density at radius 2 is 2.11 bits per heavy atom. The monoisotopic (exact) mass is 262 g/mol. The van der Waals surface area contributed by atoms with E-state index in [4.69, 9.17) is 4.74 Å². The van der Waals surface area contributed by atoms with Crippen LogP contribution < -0.4 is 10.1 Å². The molecule has 4 heteroatoms. The molecular formula is C15H22N2O2. The highest BCUT2D eigenvalue weighted by molar-refractivity contribution is 5.76. The third-order valence-corrected chi connectivity index (χ3v) is 3.63. The van der Waals surface area contributed by atoms with Crippen LogP contribution in [0.4, 0.5) is 0 Å². The first-order valence-corrected chi connectivity index (χ1v) is 6.82. The minimum atomic E-state index is 0.261. The van der Waals surface area contributed by atoms with Gasteiger partial charge >= 0.3 is 0 Å². The van der Waals surface area contributed by atoms with Crippen molar-refractivity contribution in [1.29, 1.82) is 0 Å². The van der Waals surface area contributed by atoms with Crippen molar-refractivity contribution in [2.75, 3.05) is 33.3 Å². The molecular weight excluding hydrogens is 240 g/mol. The maximum absolute atomic E-state index is 12.1. The summed E-state index contributed by atoms with van der Waals surface area (Å²) >= 11 is 0. The van der Waals surface area contributed by atoms with Gasteiger partial charge < -0.3 is 15.0 Å². The summed E-state index contributed by atoms with van der Waals surface area (Å²) in [6.45, 7) is 5.55. The van der Waals surface area contributed by atoms with Gasteiger partial charge in [-0.3, -0.25) is 4.79 Å². The number of carbonyl (C=O) groups is 1. The van der Waals surface area contributed by atoms with Crippen LogP contribution in [0, 0.1) is 6.92 Å². The molecule has 4 nitrogen and oxygen atoms in total. The normalized spacial score (nSPS) is 15.4. The number of ether oxygens (including phenoxy) is 1. The van der Waals surface area contributed by atoms with Gasteiger partial charge in [-0.25, -0.2) is 0 Å². The van der Waals surface area contributed by atoms with Crippen LogP contribution in [-0.2, 0) is 11.2 Å². The van der Waals surface area contributed by atoms with E-state index in [0.717, 1.165) is 38.3 Å². The van der Waals surface area contributed by atoms with Crippen molar-refractivity contribution in [3.8, 4) is 5.75 Å². The summed E-state index contributed by atoms with van der Waals surface area (Å²) in [5.74, 6) is 1.13. The molecule has 1 fully saturated rings. The second-order valence-electron chi connectivity index (χ2n) is 4.92. The first-order valence-electron chi connectivity index (χ1n) is 6.82. The molecule has 0 unspecified atom stereocenters. The van der Waals surface area contributed by atoms with Crippen LogP contribution in [0.3, 0.4) is 0 Å². The van der Waals surface area contributed by atoms with Crippen molar-refractivity contribution in [3.05, 3.63) is 29.3 Å². The van der Waals surface area contributed by atoms with Gasteiger partial charge in [-0.15, -0.1) is 0 Å². The number of methoxy groups -OCH3 is 1. The second kappa shape index (κ2) is 6.57. The first-order chi connectivity index (χ1) is 9.20. The Kier molecular flexibility index (Phi) is 4.80. The van der Waals surface area contributed by atoms with Gasteiger partial charge in [0.2, 0.25) is 5.91 Å². The topological polar surface area (TPSA) is 41.6 Å². The zero-order valence-corrected chi connectivity index (χ0v) is 11.7. The van der Waals surface area contributed by atoms with E-state index >= 15 is 0 Å². The first kappa shape index (κ1) is 13.9. The second-order valence-corrected chi connectivity index (χ2v) is 4.92. The quantitative estimate of drug-likeness (QED) is 0.891. The Morgan fingerprint density at radius 1 is 1.37 bits per heavy atom. The molecule has 0 aliphatic carbocycles. The van der Waals surface area contributed by atoms with Gasteiger partial charge in [-0.2, -0.15) is 0 Å². The van der Waals surface area contributed by atoms with Crippen LogP contribution in [0.2, 0.25) is 0 Å². The molecule has 19 heavy (non-hydrogen) atoms. The number of benzene rings is 1. The Balaban J connectivity index is 1.89. The van der Waals surface area contributed by atoms with Crippen LogP contribution in [0.1, 0.15) is 17.5 Å². The number of amides is 1. The highest BCUT2D eigenvalue weighted by atomic mass is 16.5. The van der Waals surface area contributed by atoms with E-state index in [1.165, 1.54) is 11.1 Å². The Morgan fingerprint density at radius 3 is 2.74 bits per heavy atom. The smallest absolute Gasteiger partial charge is 0.222 e. The van der Waals surface area contributed by atoms with E-state index in [9.17, 15) is 4.79 Å². The van der Waals surface area contributed by atoms with Crippen LogP contribution >= 0.6 is 0 Å². The van der Waals surface area contributed by atoms with E-state index < -0.39 is 0 Å². The standard InChI is InChI=1S/C15H22N2O2/c1-12-11-14(19-2)5-3-13(12)4-6-15(18)17-9-7-16-8-10-17/h3,5,11,16H,4,6-10H2,1-2H3. The van der Waals surface area contributed by atoms with E-state index in [-0.39, 0.29) is 5.91 Å². The van der Waals surface area contributed by atoms with Crippen molar-refractivity contribution in [2.45, 2.75) is 19.8 Å². The predicted octanol–water partition coefficient (Wildman–Crippen LogP) is 1.37. The molecule has 0 bridgehead atoms.